The molecule has 4 aliphatic carbocycles. The molecule has 4 fully saturated rings. The lowest BCUT2D eigenvalue weighted by molar-refractivity contribution is -0.136. The molecule has 3 N–H and O–H groups in total. The number of nitrogens with zero attached hydrogens (tertiary/aromatic N) is 2. The first kappa shape index (κ1) is 55.4. The number of ether oxygens (including phenoxy) is 8. The van der Waals surface area contributed by atoms with E-state index < -0.39 is 29.7 Å². The van der Waals surface area contributed by atoms with Gasteiger partial charge in [-0.2, -0.15) is 0 Å². The van der Waals surface area contributed by atoms with Gasteiger partial charge in [-0.1, -0.05) is 23.8 Å². The summed E-state index contributed by atoms with van der Waals surface area (Å²) in [6.45, 7) is 7.34. The smallest absolute Gasteiger partial charge is 0.264 e. The highest BCUT2D eigenvalue weighted by molar-refractivity contribution is 6.25. The number of hydrogen-bond donors (Lipinski definition) is 3. The summed E-state index contributed by atoms with van der Waals surface area (Å²) in [6.07, 6.45) is 11.1. The summed E-state index contributed by atoms with van der Waals surface area (Å²) < 4.78 is 45.8. The van der Waals surface area contributed by atoms with Gasteiger partial charge in [0.05, 0.1) is 95.5 Å². The average molecular weight is 1050 g/mol. The molecular weight excluding hydrogens is 979 g/mol. The van der Waals surface area contributed by atoms with Crippen molar-refractivity contribution in [3.8, 4) is 0 Å². The molecule has 3 aliphatic heterocycles. The van der Waals surface area contributed by atoms with E-state index in [0.717, 1.165) is 42.8 Å². The zero-order valence-corrected chi connectivity index (χ0v) is 43.9. The van der Waals surface area contributed by atoms with Crippen molar-refractivity contribution in [2.24, 2.45) is 11.8 Å². The Hall–Kier alpha value is -5.38. The number of rotatable bonds is 32. The van der Waals surface area contributed by atoms with Crippen molar-refractivity contribution in [3.63, 3.8) is 0 Å². The van der Waals surface area contributed by atoms with Crippen LogP contribution in [-0.2, 0) is 57.1 Å². The molecule has 2 aromatic carbocycles. The molecule has 0 aromatic heterocycles. The molecule has 3 heterocycles. The first-order valence-corrected chi connectivity index (χ1v) is 27.5. The minimum Gasteiger partial charge on any atom is -0.384 e. The highest BCUT2D eigenvalue weighted by atomic mass is 16.6. The van der Waals surface area contributed by atoms with Gasteiger partial charge in [0.1, 0.15) is 12.6 Å². The molecule has 6 unspecified atom stereocenters. The Bertz CT molecular complexity index is 2460. The molecule has 6 atom stereocenters. The van der Waals surface area contributed by atoms with E-state index >= 15 is 0 Å². The molecule has 19 heteroatoms. The maximum atomic E-state index is 13.2. The first-order chi connectivity index (χ1) is 37.1. The van der Waals surface area contributed by atoms with Crippen LogP contribution >= 0.6 is 0 Å². The van der Waals surface area contributed by atoms with Gasteiger partial charge in [-0.25, -0.2) is 0 Å². The summed E-state index contributed by atoms with van der Waals surface area (Å²) in [4.78, 5) is 77.8. The maximum absolute atomic E-state index is 13.2. The number of piperidine rings is 1. The molecule has 0 bridgehead atoms. The van der Waals surface area contributed by atoms with E-state index in [1.807, 2.05) is 6.08 Å². The number of allylic oxidation sites excluding steroid dienone is 4. The number of amides is 5. The zero-order valence-electron chi connectivity index (χ0n) is 43.9. The van der Waals surface area contributed by atoms with Gasteiger partial charge in [-0.3, -0.25) is 39.0 Å². The fraction of sp³-hybridized carbons (Fsp3) is 0.614. The second-order valence-electron chi connectivity index (χ2n) is 20.6. The number of likely N-dealkylation sites (N-methyl/N-ethyl adjacent to an activating group) is 1. The van der Waals surface area contributed by atoms with Gasteiger partial charge < -0.3 is 53.4 Å². The van der Waals surface area contributed by atoms with Gasteiger partial charge in [-0.05, 0) is 117 Å². The molecule has 412 valence electrons. The van der Waals surface area contributed by atoms with Gasteiger partial charge in [0.15, 0.2) is 5.78 Å². The molecule has 9 rings (SSSR count). The molecule has 1 spiro atoms. The van der Waals surface area contributed by atoms with Crippen molar-refractivity contribution in [2.75, 3.05) is 129 Å². The summed E-state index contributed by atoms with van der Waals surface area (Å²) in [7, 11) is 2.09. The van der Waals surface area contributed by atoms with Gasteiger partial charge in [0, 0.05) is 70.0 Å². The highest BCUT2D eigenvalue weighted by Gasteiger charge is 2.70. The van der Waals surface area contributed by atoms with Gasteiger partial charge in [0.2, 0.25) is 17.7 Å². The van der Waals surface area contributed by atoms with E-state index in [2.05, 4.69) is 52.2 Å². The van der Waals surface area contributed by atoms with Crippen LogP contribution in [0.15, 0.2) is 65.3 Å². The van der Waals surface area contributed by atoms with Crippen LogP contribution in [0, 0.1) is 11.8 Å². The number of epoxide rings is 1. The number of benzene rings is 2. The van der Waals surface area contributed by atoms with Crippen molar-refractivity contribution in [3.05, 3.63) is 82.0 Å². The number of anilines is 2. The SMILES string of the molecule is CN(CCOCCOCCOCCOCC(=O)NCCCOCCOCCOCCCNc1cccc2c1C(=O)N(C1CCC(=O)NC1=O)C2=O)c1ccc(C2CC34OC3CCC4C3CCC4=CC(=O)CCC4=C23)cc1. The molecule has 2 saturated heterocycles. The zero-order chi connectivity index (χ0) is 52.9. The van der Waals surface area contributed by atoms with Crippen LogP contribution in [0.2, 0.25) is 0 Å². The molecule has 2 aromatic rings. The molecule has 7 aliphatic rings. The molecule has 76 heavy (non-hydrogen) atoms. The standard InChI is InChI=1S/C57H75N5O14/c1-61(40-10-7-38(8-11-40)45-36-57-46(15-17-49(57)76-57)43-13-9-39-35-41(63)12-14-42(39)52(43)45)21-24-71-27-30-73-31-32-74-33-34-75-37-51(65)59-20-4-23-70-26-29-72-28-25-69-22-3-19-58-47-6-2-5-44-53(47)56(68)62(55(44)67)48-16-18-50(64)60-54(48)66/h2,5-8,10-11,35,43,45-46,48-49,58H,3-4,9,12-34,36-37H2,1H3,(H,59,65)(H,60,64,66). The molecule has 2 saturated carbocycles. The Balaban J connectivity index is 0.518. The Kier molecular flexibility index (Phi) is 19.5. The van der Waals surface area contributed by atoms with Crippen molar-refractivity contribution in [2.45, 2.75) is 94.3 Å². The predicted molar refractivity (Wildman–Crippen MR) is 279 cm³/mol. The van der Waals surface area contributed by atoms with Crippen molar-refractivity contribution in [1.82, 2.24) is 15.5 Å². The number of fused-ring (bicyclic) bond motifs is 4. The number of nitrogens with one attached hydrogen (secondary N) is 3. The van der Waals surface area contributed by atoms with E-state index in [4.69, 9.17) is 37.9 Å². The average Bonchev–Trinajstić information content (AvgIpc) is 4.00. The number of carbonyl (C=O) groups is 6. The van der Waals surface area contributed by atoms with E-state index in [0.29, 0.717) is 148 Å². The number of hydrogen-bond acceptors (Lipinski definition) is 16. The summed E-state index contributed by atoms with van der Waals surface area (Å²) in [6, 6.07) is 13.0. The van der Waals surface area contributed by atoms with Gasteiger partial charge in [0.25, 0.3) is 11.8 Å². The third-order valence-corrected chi connectivity index (χ3v) is 15.9. The predicted octanol–water partition coefficient (Wildman–Crippen LogP) is 4.68. The lowest BCUT2D eigenvalue weighted by Crippen LogP contribution is -2.54. The Morgan fingerprint density at radius 3 is 2.09 bits per heavy atom. The Labute approximate surface area is 445 Å². The van der Waals surface area contributed by atoms with Crippen LogP contribution in [0.5, 0.6) is 0 Å². The lowest BCUT2D eigenvalue weighted by atomic mass is 9.58. The van der Waals surface area contributed by atoms with Crippen LogP contribution in [-0.4, -0.2) is 177 Å². The monoisotopic (exact) mass is 1050 g/mol. The number of ketones is 1. The van der Waals surface area contributed by atoms with E-state index in [1.165, 1.54) is 29.6 Å². The Morgan fingerprint density at radius 1 is 0.724 bits per heavy atom. The van der Waals surface area contributed by atoms with E-state index in [9.17, 15) is 28.8 Å². The fourth-order valence-electron chi connectivity index (χ4n) is 12.1. The van der Waals surface area contributed by atoms with Crippen LogP contribution < -0.4 is 20.9 Å². The van der Waals surface area contributed by atoms with Crippen molar-refractivity contribution < 1.29 is 66.7 Å². The van der Waals surface area contributed by atoms with Crippen LogP contribution in [0.4, 0.5) is 11.4 Å². The molecular formula is C57H75N5O14. The van der Waals surface area contributed by atoms with Gasteiger partial charge in [-0.15, -0.1) is 0 Å². The van der Waals surface area contributed by atoms with E-state index in [1.54, 1.807) is 23.8 Å². The highest BCUT2D eigenvalue weighted by Crippen LogP contribution is 2.68. The third-order valence-electron chi connectivity index (χ3n) is 15.9. The minimum absolute atomic E-state index is 0.0450. The number of imide groups is 2. The van der Waals surface area contributed by atoms with Crippen LogP contribution in [0.1, 0.15) is 103 Å². The molecule has 5 amide bonds. The fourth-order valence-corrected chi connectivity index (χ4v) is 12.1. The lowest BCUT2D eigenvalue weighted by Gasteiger charge is -2.46. The summed E-state index contributed by atoms with van der Waals surface area (Å²) in [5.74, 6) is -0.519. The van der Waals surface area contributed by atoms with Crippen LogP contribution in [0.25, 0.3) is 0 Å². The first-order valence-electron chi connectivity index (χ1n) is 27.5. The summed E-state index contributed by atoms with van der Waals surface area (Å²) >= 11 is 0. The molecule has 19 nitrogen and oxygen atoms in total. The van der Waals surface area contributed by atoms with Crippen LogP contribution in [0.3, 0.4) is 0 Å². The summed E-state index contributed by atoms with van der Waals surface area (Å²) in [5, 5.41) is 8.22. The topological polar surface area (TPSA) is 222 Å². The third kappa shape index (κ3) is 13.5. The Morgan fingerprint density at radius 2 is 1.39 bits per heavy atom. The summed E-state index contributed by atoms with van der Waals surface area (Å²) in [5.41, 5.74) is 7.95. The second-order valence-corrected chi connectivity index (χ2v) is 20.6. The number of carbonyl (C=O) groups excluding carboxylic acids is 6. The molecule has 0 radical (unpaired) electrons. The van der Waals surface area contributed by atoms with Crippen molar-refractivity contribution in [1.29, 1.82) is 0 Å². The van der Waals surface area contributed by atoms with E-state index in [-0.39, 0.29) is 47.9 Å². The normalized spacial score (nSPS) is 24.4. The minimum atomic E-state index is -1.01. The van der Waals surface area contributed by atoms with Gasteiger partial charge >= 0.3 is 0 Å². The maximum Gasteiger partial charge on any atom is 0.264 e. The largest absolute Gasteiger partial charge is 0.384 e. The van der Waals surface area contributed by atoms with Crippen molar-refractivity contribution >= 4 is 46.7 Å². The second kappa shape index (κ2) is 26.8. The quantitative estimate of drug-likeness (QED) is 0.0514.